The van der Waals surface area contributed by atoms with Crippen molar-refractivity contribution in [2.24, 2.45) is 0 Å². The van der Waals surface area contributed by atoms with E-state index in [1.165, 1.54) is 0 Å². The number of rotatable bonds is 3. The third kappa shape index (κ3) is 3.01. The fourth-order valence-corrected chi connectivity index (χ4v) is 3.14. The molecule has 130 valence electrons. The Balaban J connectivity index is 2.09. The molecule has 3 rings (SSSR count). The summed E-state index contributed by atoms with van der Waals surface area (Å²) in [5, 5.41) is -0.242. The zero-order chi connectivity index (χ0) is 18.4. The first-order valence-electron chi connectivity index (χ1n) is 6.52. The van der Waals surface area contributed by atoms with Gasteiger partial charge in [-0.1, -0.05) is 0 Å². The minimum absolute atomic E-state index is 0.0270. The van der Waals surface area contributed by atoms with Gasteiger partial charge in [-0.2, -0.15) is 0 Å². The number of aromatic nitrogens is 1. The van der Waals surface area contributed by atoms with E-state index in [0.29, 0.717) is 12.1 Å². The summed E-state index contributed by atoms with van der Waals surface area (Å²) in [6, 6.07) is 4.30. The van der Waals surface area contributed by atoms with E-state index >= 15 is 0 Å². The fourth-order valence-electron chi connectivity index (χ4n) is 2.05. The standard InChI is InChI=1S/C14H7F3N2O5S/c15-8-2-4-10(12(17)11(8)16)19-25(22,23)6-1-3-9-7(5-6)13(20)24-14(21)18-9/h1-5,19H,(H,18,21). The molecule has 7 nitrogen and oxygen atoms in total. The van der Waals surface area contributed by atoms with E-state index in [2.05, 4.69) is 9.40 Å². The SMILES string of the molecule is O=c1[nH]c2ccc(S(=O)(=O)Nc3ccc(F)c(F)c3F)cc2c(=O)o1. The van der Waals surface area contributed by atoms with Crippen LogP contribution in [0.4, 0.5) is 18.9 Å². The molecule has 0 unspecified atom stereocenters. The molecule has 0 aliphatic rings. The van der Waals surface area contributed by atoms with Crippen LogP contribution in [0.15, 0.2) is 49.2 Å². The van der Waals surface area contributed by atoms with Gasteiger partial charge in [0.05, 0.1) is 21.5 Å². The largest absolute Gasteiger partial charge is 0.419 e. The minimum atomic E-state index is -4.44. The Bertz CT molecular complexity index is 1220. The predicted octanol–water partition coefficient (Wildman–Crippen LogP) is 1.70. The van der Waals surface area contributed by atoms with Crippen LogP contribution in [0.5, 0.6) is 0 Å². The van der Waals surface area contributed by atoms with Crippen LogP contribution < -0.4 is 16.1 Å². The van der Waals surface area contributed by atoms with Crippen LogP contribution in [0.25, 0.3) is 10.9 Å². The van der Waals surface area contributed by atoms with Crippen LogP contribution in [0, 0.1) is 17.5 Å². The van der Waals surface area contributed by atoms with Crippen LogP contribution in [0.2, 0.25) is 0 Å². The molecule has 1 heterocycles. The van der Waals surface area contributed by atoms with Gasteiger partial charge >= 0.3 is 11.4 Å². The van der Waals surface area contributed by atoms with E-state index in [-0.39, 0.29) is 10.9 Å². The van der Waals surface area contributed by atoms with Crippen molar-refractivity contribution >= 4 is 26.6 Å². The molecule has 1 aromatic heterocycles. The number of sulfonamides is 1. The van der Waals surface area contributed by atoms with Gasteiger partial charge in [-0.05, 0) is 30.3 Å². The van der Waals surface area contributed by atoms with Gasteiger partial charge in [0, 0.05) is 0 Å². The molecule has 0 spiro atoms. The van der Waals surface area contributed by atoms with E-state index in [1.54, 1.807) is 4.72 Å². The Morgan fingerprint density at radius 3 is 2.44 bits per heavy atom. The Morgan fingerprint density at radius 1 is 1.00 bits per heavy atom. The number of hydrogen-bond donors (Lipinski definition) is 2. The molecule has 0 aliphatic carbocycles. The number of nitrogens with one attached hydrogen (secondary N) is 2. The molecule has 0 aliphatic heterocycles. The van der Waals surface area contributed by atoms with Crippen molar-refractivity contribution in [3.05, 3.63) is 68.8 Å². The van der Waals surface area contributed by atoms with Gasteiger partial charge in [0.25, 0.3) is 10.0 Å². The highest BCUT2D eigenvalue weighted by Crippen LogP contribution is 2.23. The molecule has 0 bridgehead atoms. The van der Waals surface area contributed by atoms with Gasteiger partial charge in [-0.25, -0.2) is 31.2 Å². The molecule has 25 heavy (non-hydrogen) atoms. The fraction of sp³-hybridized carbons (Fsp3) is 0. The molecule has 11 heteroatoms. The lowest BCUT2D eigenvalue weighted by Gasteiger charge is -2.10. The quantitative estimate of drug-likeness (QED) is 0.680. The van der Waals surface area contributed by atoms with Crippen molar-refractivity contribution < 1.29 is 26.0 Å². The van der Waals surface area contributed by atoms with Gasteiger partial charge in [0.1, 0.15) is 0 Å². The summed E-state index contributed by atoms with van der Waals surface area (Å²) >= 11 is 0. The lowest BCUT2D eigenvalue weighted by molar-refractivity contribution is 0.449. The maximum Gasteiger partial charge on any atom is 0.419 e. The van der Waals surface area contributed by atoms with Gasteiger partial charge in [-0.15, -0.1) is 0 Å². The maximum absolute atomic E-state index is 13.6. The summed E-state index contributed by atoms with van der Waals surface area (Å²) in [5.41, 5.74) is -1.86. The third-order valence-corrected chi connectivity index (χ3v) is 4.59. The first-order valence-corrected chi connectivity index (χ1v) is 8.01. The molecule has 3 aromatic rings. The molecule has 0 radical (unpaired) electrons. The van der Waals surface area contributed by atoms with E-state index in [4.69, 9.17) is 0 Å². The van der Waals surface area contributed by atoms with Crippen molar-refractivity contribution in [3.8, 4) is 0 Å². The first kappa shape index (κ1) is 16.8. The van der Waals surface area contributed by atoms with E-state index in [0.717, 1.165) is 18.2 Å². The van der Waals surface area contributed by atoms with Crippen molar-refractivity contribution in [3.63, 3.8) is 0 Å². The Hall–Kier alpha value is -3.08. The number of fused-ring (bicyclic) bond motifs is 1. The number of hydrogen-bond acceptors (Lipinski definition) is 5. The van der Waals surface area contributed by atoms with Gasteiger partial charge in [0.15, 0.2) is 17.5 Å². The van der Waals surface area contributed by atoms with Crippen molar-refractivity contribution in [1.82, 2.24) is 4.98 Å². The van der Waals surface area contributed by atoms with Crippen molar-refractivity contribution in [2.75, 3.05) is 4.72 Å². The van der Waals surface area contributed by atoms with Gasteiger partial charge in [0.2, 0.25) is 0 Å². The molecular weight excluding hydrogens is 365 g/mol. The Labute approximate surface area is 136 Å². The van der Waals surface area contributed by atoms with E-state index in [1.807, 2.05) is 0 Å². The monoisotopic (exact) mass is 372 g/mol. The second kappa shape index (κ2) is 5.77. The Kier molecular flexibility index (Phi) is 3.87. The number of benzene rings is 2. The lowest BCUT2D eigenvalue weighted by atomic mass is 10.2. The topological polar surface area (TPSA) is 109 Å². The zero-order valence-corrected chi connectivity index (χ0v) is 12.8. The highest BCUT2D eigenvalue weighted by molar-refractivity contribution is 7.92. The number of halogens is 3. The molecule has 2 N–H and O–H groups in total. The second-order valence-corrected chi connectivity index (χ2v) is 6.52. The summed E-state index contributed by atoms with van der Waals surface area (Å²) in [4.78, 5) is 24.4. The first-order chi connectivity index (χ1) is 11.7. The van der Waals surface area contributed by atoms with Crippen LogP contribution >= 0.6 is 0 Å². The van der Waals surface area contributed by atoms with Crippen molar-refractivity contribution in [2.45, 2.75) is 4.90 Å². The third-order valence-electron chi connectivity index (χ3n) is 3.22. The number of anilines is 1. The molecule has 0 atom stereocenters. The molecular formula is C14H7F3N2O5S. The lowest BCUT2D eigenvalue weighted by Crippen LogP contribution is -2.17. The predicted molar refractivity (Wildman–Crippen MR) is 80.2 cm³/mol. The van der Waals surface area contributed by atoms with Crippen molar-refractivity contribution in [1.29, 1.82) is 0 Å². The maximum atomic E-state index is 13.6. The minimum Gasteiger partial charge on any atom is -0.372 e. The van der Waals surface area contributed by atoms with Crippen LogP contribution in [-0.2, 0) is 10.0 Å². The second-order valence-electron chi connectivity index (χ2n) is 4.84. The smallest absolute Gasteiger partial charge is 0.372 e. The van der Waals surface area contributed by atoms with Crippen LogP contribution in [-0.4, -0.2) is 13.4 Å². The molecule has 0 saturated heterocycles. The summed E-state index contributed by atoms with van der Waals surface area (Å²) in [6.45, 7) is 0. The summed E-state index contributed by atoms with van der Waals surface area (Å²) in [7, 11) is -4.44. The zero-order valence-electron chi connectivity index (χ0n) is 12.0. The van der Waals surface area contributed by atoms with Gasteiger partial charge in [-0.3, -0.25) is 9.71 Å². The number of H-pyrrole nitrogens is 1. The molecule has 0 saturated carbocycles. The summed E-state index contributed by atoms with van der Waals surface area (Å²) in [6.07, 6.45) is 0. The highest BCUT2D eigenvalue weighted by Gasteiger charge is 2.21. The van der Waals surface area contributed by atoms with Crippen LogP contribution in [0.3, 0.4) is 0 Å². The number of aromatic amines is 1. The average molecular weight is 372 g/mol. The molecule has 0 fully saturated rings. The molecule has 0 amide bonds. The van der Waals surface area contributed by atoms with E-state index in [9.17, 15) is 31.2 Å². The summed E-state index contributed by atoms with van der Waals surface area (Å²) in [5.74, 6) is -6.05. The van der Waals surface area contributed by atoms with Gasteiger partial charge < -0.3 is 4.42 Å². The summed E-state index contributed by atoms with van der Waals surface area (Å²) < 4.78 is 70.3. The molecule has 2 aromatic carbocycles. The van der Waals surface area contributed by atoms with E-state index < -0.39 is 49.4 Å². The highest BCUT2D eigenvalue weighted by atomic mass is 32.2. The van der Waals surface area contributed by atoms with Crippen LogP contribution in [0.1, 0.15) is 0 Å². The average Bonchev–Trinajstić information content (AvgIpc) is 2.55. The normalized spacial score (nSPS) is 11.6. The Morgan fingerprint density at radius 2 is 1.72 bits per heavy atom.